The molecule has 0 aliphatic carbocycles. The van der Waals surface area contributed by atoms with Crippen LogP contribution in [0.15, 0.2) is 36.4 Å². The molecule has 0 saturated carbocycles. The Kier molecular flexibility index (Phi) is 3.60. The van der Waals surface area contributed by atoms with Crippen LogP contribution in [0.5, 0.6) is 0 Å². The molecule has 2 aromatic carbocycles. The predicted octanol–water partition coefficient (Wildman–Crippen LogP) is 3.62. The maximum absolute atomic E-state index is 10.4. The summed E-state index contributed by atoms with van der Waals surface area (Å²) in [5.74, 6) is 0. The van der Waals surface area contributed by atoms with Gasteiger partial charge in [-0.25, -0.2) is 0 Å². The standard InChI is InChI=1S/C15H16ClNO/c1-9-4-3-5-12(10(9)2)15(18)13-7-6-11(16)8-14(13)17/h3-8,15,18H,17H2,1-2H3. The summed E-state index contributed by atoms with van der Waals surface area (Å²) in [5, 5.41) is 11.0. The molecule has 2 aromatic rings. The lowest BCUT2D eigenvalue weighted by Gasteiger charge is -2.17. The largest absolute Gasteiger partial charge is 0.398 e. The van der Waals surface area contributed by atoms with Crippen LogP contribution >= 0.6 is 11.6 Å². The first-order valence-corrected chi connectivity index (χ1v) is 6.17. The highest BCUT2D eigenvalue weighted by atomic mass is 35.5. The monoisotopic (exact) mass is 261 g/mol. The van der Waals surface area contributed by atoms with Crippen LogP contribution in [0.3, 0.4) is 0 Å². The van der Waals surface area contributed by atoms with Gasteiger partial charge in [-0.05, 0) is 42.7 Å². The topological polar surface area (TPSA) is 46.2 Å². The highest BCUT2D eigenvalue weighted by molar-refractivity contribution is 6.30. The van der Waals surface area contributed by atoms with Gasteiger partial charge in [0, 0.05) is 16.3 Å². The minimum absolute atomic E-state index is 0.510. The quantitative estimate of drug-likeness (QED) is 0.811. The summed E-state index contributed by atoms with van der Waals surface area (Å²) in [4.78, 5) is 0. The van der Waals surface area contributed by atoms with E-state index in [2.05, 4.69) is 0 Å². The van der Waals surface area contributed by atoms with Gasteiger partial charge in [0.25, 0.3) is 0 Å². The van der Waals surface area contributed by atoms with Crippen LogP contribution in [-0.4, -0.2) is 5.11 Å². The molecule has 0 aliphatic rings. The second kappa shape index (κ2) is 5.01. The van der Waals surface area contributed by atoms with Crippen molar-refractivity contribution >= 4 is 17.3 Å². The van der Waals surface area contributed by atoms with E-state index in [4.69, 9.17) is 17.3 Å². The maximum atomic E-state index is 10.4. The molecule has 0 fully saturated rings. The molecule has 2 nitrogen and oxygen atoms in total. The number of aliphatic hydroxyl groups is 1. The Hall–Kier alpha value is -1.51. The number of halogens is 1. The van der Waals surface area contributed by atoms with E-state index < -0.39 is 6.10 Å². The van der Waals surface area contributed by atoms with Gasteiger partial charge >= 0.3 is 0 Å². The van der Waals surface area contributed by atoms with Gasteiger partial charge < -0.3 is 10.8 Å². The molecule has 18 heavy (non-hydrogen) atoms. The van der Waals surface area contributed by atoms with E-state index in [9.17, 15) is 5.11 Å². The molecule has 0 aliphatic heterocycles. The van der Waals surface area contributed by atoms with Crippen molar-refractivity contribution in [3.63, 3.8) is 0 Å². The van der Waals surface area contributed by atoms with Crippen LogP contribution in [0, 0.1) is 13.8 Å². The summed E-state index contributed by atoms with van der Waals surface area (Å²) in [6.45, 7) is 4.02. The average Bonchev–Trinajstić information content (AvgIpc) is 2.32. The van der Waals surface area contributed by atoms with Crippen molar-refractivity contribution < 1.29 is 5.11 Å². The van der Waals surface area contributed by atoms with E-state index in [0.717, 1.165) is 16.7 Å². The van der Waals surface area contributed by atoms with Gasteiger partial charge in [0.1, 0.15) is 6.10 Å². The lowest BCUT2D eigenvalue weighted by atomic mass is 9.94. The first-order chi connectivity index (χ1) is 8.50. The van der Waals surface area contributed by atoms with E-state index in [-0.39, 0.29) is 0 Å². The number of rotatable bonds is 2. The number of aryl methyl sites for hydroxylation is 1. The predicted molar refractivity (Wildman–Crippen MR) is 75.8 cm³/mol. The third-order valence-corrected chi connectivity index (χ3v) is 3.52. The molecule has 0 amide bonds. The van der Waals surface area contributed by atoms with Gasteiger partial charge in [-0.3, -0.25) is 0 Å². The molecule has 94 valence electrons. The second-order valence-electron chi connectivity index (χ2n) is 4.46. The summed E-state index contributed by atoms with van der Waals surface area (Å²) in [6, 6.07) is 11.0. The summed E-state index contributed by atoms with van der Waals surface area (Å²) in [7, 11) is 0. The van der Waals surface area contributed by atoms with Gasteiger partial charge in [0.2, 0.25) is 0 Å². The van der Waals surface area contributed by atoms with Crippen LogP contribution in [0.1, 0.15) is 28.4 Å². The first-order valence-electron chi connectivity index (χ1n) is 5.80. The highest BCUT2D eigenvalue weighted by Gasteiger charge is 2.16. The van der Waals surface area contributed by atoms with Crippen molar-refractivity contribution in [3.8, 4) is 0 Å². The molecule has 0 aromatic heterocycles. The Bertz CT molecular complexity index is 581. The van der Waals surface area contributed by atoms with Gasteiger partial charge in [0.15, 0.2) is 0 Å². The highest BCUT2D eigenvalue weighted by Crippen LogP contribution is 2.31. The zero-order valence-corrected chi connectivity index (χ0v) is 11.2. The third-order valence-electron chi connectivity index (χ3n) is 3.28. The van der Waals surface area contributed by atoms with Crippen LogP contribution in [-0.2, 0) is 0 Å². The second-order valence-corrected chi connectivity index (χ2v) is 4.90. The van der Waals surface area contributed by atoms with E-state index in [0.29, 0.717) is 16.3 Å². The van der Waals surface area contributed by atoms with E-state index in [1.807, 2.05) is 32.0 Å². The minimum Gasteiger partial charge on any atom is -0.398 e. The van der Waals surface area contributed by atoms with Crippen LogP contribution < -0.4 is 5.73 Å². The van der Waals surface area contributed by atoms with Gasteiger partial charge in [-0.15, -0.1) is 0 Å². The molecule has 0 bridgehead atoms. The molecule has 1 unspecified atom stereocenters. The number of benzene rings is 2. The molecule has 2 rings (SSSR count). The molecule has 0 heterocycles. The first kappa shape index (κ1) is 12.9. The summed E-state index contributed by atoms with van der Waals surface area (Å²) in [5.41, 5.74) is 10.2. The molecule has 0 spiro atoms. The summed E-state index contributed by atoms with van der Waals surface area (Å²) < 4.78 is 0. The maximum Gasteiger partial charge on any atom is 0.106 e. The van der Waals surface area contributed by atoms with E-state index >= 15 is 0 Å². The van der Waals surface area contributed by atoms with Crippen molar-refractivity contribution in [1.29, 1.82) is 0 Å². The van der Waals surface area contributed by atoms with E-state index in [1.54, 1.807) is 18.2 Å². The fourth-order valence-electron chi connectivity index (χ4n) is 2.03. The number of aliphatic hydroxyl groups excluding tert-OH is 1. The van der Waals surface area contributed by atoms with Crippen molar-refractivity contribution in [3.05, 3.63) is 63.7 Å². The third kappa shape index (κ3) is 2.35. The van der Waals surface area contributed by atoms with Crippen molar-refractivity contribution in [1.82, 2.24) is 0 Å². The molecular weight excluding hydrogens is 246 g/mol. The summed E-state index contributed by atoms with van der Waals surface area (Å²) in [6.07, 6.45) is -0.720. The fourth-order valence-corrected chi connectivity index (χ4v) is 2.21. The Balaban J connectivity index is 2.48. The molecule has 3 heteroatoms. The average molecular weight is 262 g/mol. The number of anilines is 1. The number of hydrogen-bond acceptors (Lipinski definition) is 2. The minimum atomic E-state index is -0.720. The zero-order chi connectivity index (χ0) is 13.3. The lowest BCUT2D eigenvalue weighted by molar-refractivity contribution is 0.220. The molecule has 0 saturated heterocycles. The van der Waals surface area contributed by atoms with Crippen molar-refractivity contribution in [2.45, 2.75) is 20.0 Å². The van der Waals surface area contributed by atoms with E-state index in [1.165, 1.54) is 0 Å². The van der Waals surface area contributed by atoms with Gasteiger partial charge in [-0.2, -0.15) is 0 Å². The van der Waals surface area contributed by atoms with Crippen LogP contribution in [0.4, 0.5) is 5.69 Å². The van der Waals surface area contributed by atoms with Crippen LogP contribution in [0.25, 0.3) is 0 Å². The normalized spacial score (nSPS) is 12.4. The summed E-state index contributed by atoms with van der Waals surface area (Å²) >= 11 is 5.86. The molecule has 3 N–H and O–H groups in total. The van der Waals surface area contributed by atoms with Crippen molar-refractivity contribution in [2.24, 2.45) is 0 Å². The number of hydrogen-bond donors (Lipinski definition) is 2. The van der Waals surface area contributed by atoms with Crippen molar-refractivity contribution in [2.75, 3.05) is 5.73 Å². The van der Waals surface area contributed by atoms with Crippen LogP contribution in [0.2, 0.25) is 5.02 Å². The number of nitrogen functional groups attached to an aromatic ring is 1. The van der Waals surface area contributed by atoms with Gasteiger partial charge in [0.05, 0.1) is 0 Å². The smallest absolute Gasteiger partial charge is 0.106 e. The zero-order valence-electron chi connectivity index (χ0n) is 10.4. The SMILES string of the molecule is Cc1cccc(C(O)c2ccc(Cl)cc2N)c1C. The Morgan fingerprint density at radius 1 is 1.11 bits per heavy atom. The Labute approximate surface area is 112 Å². The Morgan fingerprint density at radius 2 is 1.83 bits per heavy atom. The fraction of sp³-hybridized carbons (Fsp3) is 0.200. The molecule has 1 atom stereocenters. The molecular formula is C15H16ClNO. The number of nitrogens with two attached hydrogens (primary N) is 1. The molecule has 0 radical (unpaired) electrons. The Morgan fingerprint density at radius 3 is 2.50 bits per heavy atom. The lowest BCUT2D eigenvalue weighted by Crippen LogP contribution is -2.06. The van der Waals surface area contributed by atoms with Gasteiger partial charge in [-0.1, -0.05) is 35.9 Å².